The van der Waals surface area contributed by atoms with Gasteiger partial charge in [0.25, 0.3) is 0 Å². The molecule has 134 valence electrons. The van der Waals surface area contributed by atoms with E-state index >= 15 is 0 Å². The van der Waals surface area contributed by atoms with Crippen LogP contribution in [0.4, 0.5) is 0 Å². The van der Waals surface area contributed by atoms with E-state index in [1.165, 1.54) is 0 Å². The molecule has 4 aromatic rings. The molecule has 4 rings (SSSR count). The molecule has 2 aromatic heterocycles. The Balaban J connectivity index is 1.88. The molecule has 0 aliphatic carbocycles. The zero-order valence-corrected chi connectivity index (χ0v) is 15.1. The van der Waals surface area contributed by atoms with Gasteiger partial charge in [0.15, 0.2) is 5.82 Å². The van der Waals surface area contributed by atoms with Crippen molar-refractivity contribution in [3.63, 3.8) is 0 Å². The molecule has 2 aromatic carbocycles. The fraction of sp³-hybridized carbons (Fsp3) is 0.0909. The van der Waals surface area contributed by atoms with Crippen molar-refractivity contribution in [3.05, 3.63) is 90.1 Å². The number of nitrogens with zero attached hydrogens (tertiary/aromatic N) is 2. The third-order valence-corrected chi connectivity index (χ3v) is 4.60. The van der Waals surface area contributed by atoms with E-state index in [1.54, 1.807) is 30.1 Å². The van der Waals surface area contributed by atoms with Crippen LogP contribution in [0.3, 0.4) is 0 Å². The Morgan fingerprint density at radius 3 is 2.63 bits per heavy atom. The highest BCUT2D eigenvalue weighted by Crippen LogP contribution is 2.31. The third-order valence-electron chi connectivity index (χ3n) is 4.60. The number of carbonyl (C=O) groups excluding carboxylic acids is 1. The maximum Gasteiger partial charge on any atom is 0.221 e. The molecule has 0 radical (unpaired) electrons. The van der Waals surface area contributed by atoms with E-state index in [2.05, 4.69) is 9.97 Å². The summed E-state index contributed by atoms with van der Waals surface area (Å²) in [6.07, 6.45) is 6.98. The highest BCUT2D eigenvalue weighted by Gasteiger charge is 2.15. The molecule has 0 bridgehead atoms. The van der Waals surface area contributed by atoms with Gasteiger partial charge >= 0.3 is 0 Å². The maximum absolute atomic E-state index is 12.9. The Hall–Kier alpha value is -3.60. The number of ether oxygens (including phenoxy) is 1. The normalized spacial score (nSPS) is 11.7. The standard InChI is InChI=1S/C22H19N3O2/c1-25-12-11-23-22(25)21(26)13-18(15-7-9-16(27-2)10-8-15)19-14-24-20-6-4-3-5-17(19)20/h3-14,24H,1-2H3/b18-13+. The molecule has 0 saturated carbocycles. The Morgan fingerprint density at radius 2 is 1.93 bits per heavy atom. The zero-order chi connectivity index (χ0) is 18.8. The Bertz CT molecular complexity index is 1130. The highest BCUT2D eigenvalue weighted by atomic mass is 16.5. The number of hydrogen-bond acceptors (Lipinski definition) is 3. The Labute approximate surface area is 156 Å². The number of methoxy groups -OCH3 is 1. The number of benzene rings is 2. The number of aromatic nitrogens is 3. The molecule has 0 amide bonds. The van der Waals surface area contributed by atoms with Gasteiger partial charge in [-0.2, -0.15) is 0 Å². The number of allylic oxidation sites excluding steroid dienone is 1. The van der Waals surface area contributed by atoms with E-state index in [-0.39, 0.29) is 5.78 Å². The second-order valence-corrected chi connectivity index (χ2v) is 6.26. The van der Waals surface area contributed by atoms with Gasteiger partial charge in [0, 0.05) is 42.1 Å². The SMILES string of the molecule is COc1ccc(/C(=C\C(=O)c2nccn2C)c2c[nH]c3ccccc23)cc1. The number of nitrogens with one attached hydrogen (secondary N) is 1. The quantitative estimate of drug-likeness (QED) is 0.430. The van der Waals surface area contributed by atoms with Gasteiger partial charge < -0.3 is 14.3 Å². The number of para-hydroxylation sites is 1. The molecule has 5 nitrogen and oxygen atoms in total. The lowest BCUT2D eigenvalue weighted by Crippen LogP contribution is -2.05. The summed E-state index contributed by atoms with van der Waals surface area (Å²) in [5, 5.41) is 1.06. The third kappa shape index (κ3) is 3.15. The number of ketones is 1. The monoisotopic (exact) mass is 357 g/mol. The smallest absolute Gasteiger partial charge is 0.221 e. The van der Waals surface area contributed by atoms with Gasteiger partial charge in [0.2, 0.25) is 5.78 Å². The Kier molecular flexibility index (Phi) is 4.34. The van der Waals surface area contributed by atoms with E-state index in [4.69, 9.17) is 4.74 Å². The van der Waals surface area contributed by atoms with Crippen molar-refractivity contribution in [2.24, 2.45) is 7.05 Å². The van der Waals surface area contributed by atoms with Crippen LogP contribution in [0.2, 0.25) is 0 Å². The van der Waals surface area contributed by atoms with Gasteiger partial charge in [-0.1, -0.05) is 30.3 Å². The van der Waals surface area contributed by atoms with E-state index in [1.807, 2.05) is 61.8 Å². The summed E-state index contributed by atoms with van der Waals surface area (Å²) in [5.41, 5.74) is 3.76. The fourth-order valence-electron chi connectivity index (χ4n) is 3.18. The first-order valence-corrected chi connectivity index (χ1v) is 8.61. The van der Waals surface area contributed by atoms with Gasteiger partial charge in [-0.25, -0.2) is 4.98 Å². The maximum atomic E-state index is 12.9. The summed E-state index contributed by atoms with van der Waals surface area (Å²) in [6.45, 7) is 0. The van der Waals surface area contributed by atoms with Crippen molar-refractivity contribution >= 4 is 22.3 Å². The van der Waals surface area contributed by atoms with E-state index in [0.29, 0.717) is 5.82 Å². The molecule has 0 aliphatic heterocycles. The topological polar surface area (TPSA) is 59.9 Å². The minimum Gasteiger partial charge on any atom is -0.497 e. The van der Waals surface area contributed by atoms with Crippen LogP contribution in [0.5, 0.6) is 5.75 Å². The Morgan fingerprint density at radius 1 is 1.15 bits per heavy atom. The van der Waals surface area contributed by atoms with Gasteiger partial charge in [0.05, 0.1) is 7.11 Å². The van der Waals surface area contributed by atoms with Crippen LogP contribution in [-0.2, 0) is 7.05 Å². The lowest BCUT2D eigenvalue weighted by atomic mass is 9.96. The molecule has 0 fully saturated rings. The zero-order valence-electron chi connectivity index (χ0n) is 15.1. The molecule has 1 N–H and O–H groups in total. The number of rotatable bonds is 5. The molecular formula is C22H19N3O2. The average Bonchev–Trinajstić information content (AvgIpc) is 3.32. The highest BCUT2D eigenvalue weighted by molar-refractivity contribution is 6.10. The van der Waals surface area contributed by atoms with Gasteiger partial charge in [-0.15, -0.1) is 0 Å². The lowest BCUT2D eigenvalue weighted by Gasteiger charge is -2.09. The van der Waals surface area contributed by atoms with Crippen molar-refractivity contribution in [2.75, 3.05) is 7.11 Å². The van der Waals surface area contributed by atoms with Crippen molar-refractivity contribution in [2.45, 2.75) is 0 Å². The molecule has 0 aliphatic rings. The van der Waals surface area contributed by atoms with Crippen molar-refractivity contribution < 1.29 is 9.53 Å². The van der Waals surface area contributed by atoms with Gasteiger partial charge in [-0.05, 0) is 35.4 Å². The summed E-state index contributed by atoms with van der Waals surface area (Å²) in [7, 11) is 3.45. The van der Waals surface area contributed by atoms with Crippen LogP contribution in [0.1, 0.15) is 21.7 Å². The molecule has 0 saturated heterocycles. The van der Waals surface area contributed by atoms with Gasteiger partial charge in [0.1, 0.15) is 5.75 Å². The molecule has 27 heavy (non-hydrogen) atoms. The summed E-state index contributed by atoms with van der Waals surface area (Å²) < 4.78 is 6.98. The number of H-pyrrole nitrogens is 1. The molecule has 0 atom stereocenters. The van der Waals surface area contributed by atoms with E-state index in [0.717, 1.165) is 33.4 Å². The minimum absolute atomic E-state index is 0.140. The molecule has 5 heteroatoms. The van der Waals surface area contributed by atoms with E-state index in [9.17, 15) is 4.79 Å². The number of aromatic amines is 1. The lowest BCUT2D eigenvalue weighted by molar-refractivity contribution is 0.103. The summed E-state index contributed by atoms with van der Waals surface area (Å²) >= 11 is 0. The summed E-state index contributed by atoms with van der Waals surface area (Å²) in [6, 6.07) is 15.7. The second-order valence-electron chi connectivity index (χ2n) is 6.26. The van der Waals surface area contributed by atoms with Crippen LogP contribution in [0.15, 0.2) is 73.2 Å². The minimum atomic E-state index is -0.140. The number of fused-ring (bicyclic) bond motifs is 1. The van der Waals surface area contributed by atoms with Crippen LogP contribution in [0, 0.1) is 0 Å². The van der Waals surface area contributed by atoms with Crippen molar-refractivity contribution in [1.29, 1.82) is 0 Å². The van der Waals surface area contributed by atoms with Crippen molar-refractivity contribution in [3.8, 4) is 5.75 Å². The molecule has 0 spiro atoms. The van der Waals surface area contributed by atoms with Crippen molar-refractivity contribution in [1.82, 2.24) is 14.5 Å². The predicted molar refractivity (Wildman–Crippen MR) is 106 cm³/mol. The predicted octanol–water partition coefficient (Wildman–Crippen LogP) is 4.22. The summed E-state index contributed by atoms with van der Waals surface area (Å²) in [4.78, 5) is 20.3. The first-order valence-electron chi connectivity index (χ1n) is 8.61. The second kappa shape index (κ2) is 6.96. The average molecular weight is 357 g/mol. The number of carbonyl (C=O) groups is 1. The fourth-order valence-corrected chi connectivity index (χ4v) is 3.18. The van der Waals surface area contributed by atoms with E-state index < -0.39 is 0 Å². The molecule has 0 unspecified atom stereocenters. The number of imidazole rings is 1. The van der Waals surface area contributed by atoms with Gasteiger partial charge in [-0.3, -0.25) is 4.79 Å². The van der Waals surface area contributed by atoms with Crippen LogP contribution >= 0.6 is 0 Å². The molecule has 2 heterocycles. The summed E-state index contributed by atoms with van der Waals surface area (Å²) in [5.74, 6) is 1.03. The largest absolute Gasteiger partial charge is 0.497 e. The van der Waals surface area contributed by atoms with Crippen LogP contribution < -0.4 is 4.74 Å². The van der Waals surface area contributed by atoms with Crippen LogP contribution in [0.25, 0.3) is 16.5 Å². The molecular weight excluding hydrogens is 338 g/mol. The first-order chi connectivity index (χ1) is 13.2. The van der Waals surface area contributed by atoms with Crippen LogP contribution in [-0.4, -0.2) is 27.4 Å². The number of aryl methyl sites for hydroxylation is 1. The first kappa shape index (κ1) is 16.8. The number of hydrogen-bond donors (Lipinski definition) is 1.